The van der Waals surface area contributed by atoms with Gasteiger partial charge in [-0.25, -0.2) is 0 Å². The predicted octanol–water partition coefficient (Wildman–Crippen LogP) is -7.44. The molecular weight excluding hydrogens is 348 g/mol. The molecule has 0 rings (SSSR count). The van der Waals surface area contributed by atoms with Crippen LogP contribution < -0.4 is 74.6 Å². The van der Waals surface area contributed by atoms with Crippen LogP contribution in [0.5, 0.6) is 0 Å². The van der Waals surface area contributed by atoms with Crippen LogP contribution in [-0.2, 0) is 9.13 Å². The second kappa shape index (κ2) is 16.7. The normalized spacial score (nSPS) is 18.5. The summed E-state index contributed by atoms with van der Waals surface area (Å²) in [5.74, 6) is 0. The van der Waals surface area contributed by atoms with E-state index in [9.17, 15) is 18.9 Å². The second-order valence-electron chi connectivity index (χ2n) is 3.75. The first kappa shape index (κ1) is 35.4. The standard InChI is InChI=1S/C7H19NO6P2.4Na/c1-2-3-4-6(8)5-7(15(9,10)11)16(12,13)14;;;;/h6-7H,2-5,8H2,1H3,(H2,9,10,11)(H2,12,13,14);;;;/q;;;2*+1/p-2. The molecule has 3 atom stereocenters. The van der Waals surface area contributed by atoms with Crippen molar-refractivity contribution >= 4 is 74.3 Å². The Labute approximate surface area is 208 Å². The average Bonchev–Trinajstić information content (AvgIpc) is 2.07. The van der Waals surface area contributed by atoms with Gasteiger partial charge in [-0.1, -0.05) is 19.8 Å². The summed E-state index contributed by atoms with van der Waals surface area (Å²) >= 11 is 0. The van der Waals surface area contributed by atoms with E-state index in [-0.39, 0.29) is 118 Å². The Morgan fingerprint density at radius 3 is 1.70 bits per heavy atom. The van der Waals surface area contributed by atoms with Crippen molar-refractivity contribution in [2.24, 2.45) is 5.73 Å². The van der Waals surface area contributed by atoms with Crippen molar-refractivity contribution in [3.8, 4) is 0 Å². The van der Waals surface area contributed by atoms with Gasteiger partial charge in [0.1, 0.15) is 15.2 Å². The van der Waals surface area contributed by atoms with Crippen LogP contribution in [0.2, 0.25) is 0 Å². The zero-order valence-corrected chi connectivity index (χ0v) is 22.8. The summed E-state index contributed by atoms with van der Waals surface area (Å²) in [6, 6.07) is -0.686. The summed E-state index contributed by atoms with van der Waals surface area (Å²) in [5.41, 5.74) is 5.51. The molecule has 0 aliphatic heterocycles. The van der Waals surface area contributed by atoms with Crippen molar-refractivity contribution in [3.05, 3.63) is 0 Å². The number of rotatable bonds is 7. The van der Waals surface area contributed by atoms with E-state index in [0.717, 1.165) is 12.8 Å². The van der Waals surface area contributed by atoms with Gasteiger partial charge in [-0.05, 0) is 12.8 Å². The maximum absolute atomic E-state index is 10.8. The van der Waals surface area contributed by atoms with Gasteiger partial charge in [0.15, 0.2) is 0 Å². The Kier molecular flexibility index (Phi) is 29.6. The summed E-state index contributed by atoms with van der Waals surface area (Å²) in [6.45, 7) is 1.90. The number of unbranched alkanes of at least 4 members (excludes halogenated alkanes) is 1. The Morgan fingerprint density at radius 1 is 1.10 bits per heavy atom. The molecule has 0 saturated heterocycles. The minimum Gasteiger partial charge on any atom is -0.778 e. The zero-order chi connectivity index (χ0) is 13.0. The molecule has 0 fully saturated rings. The molecule has 0 saturated carbocycles. The monoisotopic (exact) mass is 365 g/mol. The minimum absolute atomic E-state index is 0. The van der Waals surface area contributed by atoms with Crippen LogP contribution in [0, 0.1) is 0 Å². The fourth-order valence-electron chi connectivity index (χ4n) is 1.31. The fraction of sp³-hybridized carbons (Fsp3) is 1.00. The second-order valence-corrected chi connectivity index (χ2v) is 7.66. The van der Waals surface area contributed by atoms with E-state index < -0.39 is 33.1 Å². The van der Waals surface area contributed by atoms with Gasteiger partial charge in [0.05, 0.1) is 5.40 Å². The van der Waals surface area contributed by atoms with Crippen LogP contribution in [-0.4, -0.2) is 80.3 Å². The molecular formula is C7H17NNa4O6P2. The third kappa shape index (κ3) is 17.1. The molecule has 7 nitrogen and oxygen atoms in total. The van der Waals surface area contributed by atoms with E-state index in [4.69, 9.17) is 15.5 Å². The molecule has 20 heavy (non-hydrogen) atoms. The van der Waals surface area contributed by atoms with Crippen molar-refractivity contribution in [1.82, 2.24) is 0 Å². The molecule has 2 radical (unpaired) electrons. The van der Waals surface area contributed by atoms with Crippen molar-refractivity contribution < 1.29 is 87.8 Å². The van der Waals surface area contributed by atoms with Crippen LogP contribution >= 0.6 is 15.2 Å². The quantitative estimate of drug-likeness (QED) is 0.300. The molecule has 3 unspecified atom stereocenters. The summed E-state index contributed by atoms with van der Waals surface area (Å²) in [4.78, 5) is 39.0. The molecule has 0 aromatic heterocycles. The molecule has 0 aromatic rings. The van der Waals surface area contributed by atoms with Crippen LogP contribution in [0.1, 0.15) is 32.6 Å². The van der Waals surface area contributed by atoms with Crippen LogP contribution in [0.25, 0.3) is 0 Å². The third-order valence-corrected chi connectivity index (χ3v) is 5.87. The maximum Gasteiger partial charge on any atom is 1.00 e. The van der Waals surface area contributed by atoms with Crippen molar-refractivity contribution in [2.75, 3.05) is 0 Å². The SMILES string of the molecule is CCCCC(N)CC(P(=O)([O-])O)P(=O)([O-])O.[Na+].[Na+].[Na].[Na]. The Balaban J connectivity index is -0.000000187. The molecule has 0 aromatic carbocycles. The van der Waals surface area contributed by atoms with E-state index >= 15 is 0 Å². The first-order valence-electron chi connectivity index (χ1n) is 4.91. The van der Waals surface area contributed by atoms with Crippen molar-refractivity contribution in [2.45, 2.75) is 44.0 Å². The third-order valence-electron chi connectivity index (χ3n) is 2.20. The molecule has 0 heterocycles. The maximum atomic E-state index is 10.8. The fourth-order valence-corrected chi connectivity index (χ4v) is 3.86. The topological polar surface area (TPSA) is 147 Å². The van der Waals surface area contributed by atoms with Crippen molar-refractivity contribution in [1.29, 1.82) is 0 Å². The first-order chi connectivity index (χ1) is 7.09. The van der Waals surface area contributed by atoms with Gasteiger partial charge in [-0.3, -0.25) is 0 Å². The van der Waals surface area contributed by atoms with Crippen LogP contribution in [0.3, 0.4) is 0 Å². The Morgan fingerprint density at radius 2 is 1.45 bits per heavy atom. The van der Waals surface area contributed by atoms with E-state index in [1.807, 2.05) is 6.92 Å². The molecule has 13 heteroatoms. The summed E-state index contributed by atoms with van der Waals surface area (Å²) in [5, 5.41) is -2.20. The molecule has 0 spiro atoms. The van der Waals surface area contributed by atoms with Crippen LogP contribution in [0.4, 0.5) is 0 Å². The minimum atomic E-state index is -5.14. The number of nitrogens with two attached hydrogens (primary N) is 1. The smallest absolute Gasteiger partial charge is 0.778 e. The molecule has 0 aliphatic rings. The molecule has 100 valence electrons. The molecule has 4 N–H and O–H groups in total. The van der Waals surface area contributed by atoms with Gasteiger partial charge in [0, 0.05) is 65.2 Å². The number of hydrogen-bond acceptors (Lipinski definition) is 5. The van der Waals surface area contributed by atoms with Gasteiger partial charge >= 0.3 is 59.1 Å². The van der Waals surface area contributed by atoms with Crippen molar-refractivity contribution in [3.63, 3.8) is 0 Å². The zero-order valence-electron chi connectivity index (χ0n) is 13.0. The van der Waals surface area contributed by atoms with E-state index in [1.165, 1.54) is 0 Å². The van der Waals surface area contributed by atoms with Crippen LogP contribution in [0.15, 0.2) is 0 Å². The van der Waals surface area contributed by atoms with Gasteiger partial charge < -0.3 is 34.4 Å². The first-order valence-corrected chi connectivity index (χ1v) is 8.21. The van der Waals surface area contributed by atoms with Gasteiger partial charge in [-0.15, -0.1) is 0 Å². The summed E-state index contributed by atoms with van der Waals surface area (Å²) in [7, 11) is -10.3. The Bertz CT molecular complexity index is 290. The summed E-state index contributed by atoms with van der Waals surface area (Å²) < 4.78 is 21.6. The van der Waals surface area contributed by atoms with E-state index in [2.05, 4.69) is 0 Å². The molecule has 0 bridgehead atoms. The number of hydrogen-bond donors (Lipinski definition) is 3. The van der Waals surface area contributed by atoms with Gasteiger partial charge in [0.25, 0.3) is 0 Å². The van der Waals surface area contributed by atoms with E-state index in [0.29, 0.717) is 6.42 Å². The van der Waals surface area contributed by atoms with Gasteiger partial charge in [0.2, 0.25) is 0 Å². The summed E-state index contributed by atoms with van der Waals surface area (Å²) in [6.07, 6.45) is 1.50. The molecule has 0 aliphatic carbocycles. The Hall–Kier alpha value is 4.26. The molecule has 0 amide bonds. The average molecular weight is 365 g/mol. The van der Waals surface area contributed by atoms with Gasteiger partial charge in [-0.2, -0.15) is 0 Å². The predicted molar refractivity (Wildman–Crippen MR) is 67.1 cm³/mol. The largest absolute Gasteiger partial charge is 1.00 e. The van der Waals surface area contributed by atoms with E-state index in [1.54, 1.807) is 0 Å².